The van der Waals surface area contributed by atoms with E-state index in [1.165, 1.54) is 0 Å². The van der Waals surface area contributed by atoms with Crippen molar-refractivity contribution in [3.63, 3.8) is 0 Å². The summed E-state index contributed by atoms with van der Waals surface area (Å²) in [5.41, 5.74) is 1.24. The third-order valence-corrected chi connectivity index (χ3v) is 4.01. The normalized spacial score (nSPS) is 21.8. The van der Waals surface area contributed by atoms with Gasteiger partial charge in [-0.3, -0.25) is 9.59 Å². The number of hydrogen-bond donors (Lipinski definition) is 1. The van der Waals surface area contributed by atoms with Crippen LogP contribution >= 0.6 is 0 Å². The van der Waals surface area contributed by atoms with Gasteiger partial charge in [-0.1, -0.05) is 12.1 Å². The molecule has 1 unspecified atom stereocenters. The third kappa shape index (κ3) is 2.78. The molecule has 1 aromatic carbocycles. The Labute approximate surface area is 124 Å². The van der Waals surface area contributed by atoms with E-state index >= 15 is 0 Å². The zero-order valence-corrected chi connectivity index (χ0v) is 12.2. The number of fused-ring (bicyclic) bond motifs is 1. The quantitative estimate of drug-likeness (QED) is 0.837. The maximum absolute atomic E-state index is 12.8. The van der Waals surface area contributed by atoms with Crippen molar-refractivity contribution in [2.24, 2.45) is 5.92 Å². The van der Waals surface area contributed by atoms with Crippen LogP contribution < -0.4 is 10.2 Å². The number of carbonyl (C=O) groups excluding carboxylic acids is 2. The number of hydrogen-bond acceptors (Lipinski definition) is 3. The smallest absolute Gasteiger partial charge is 0.254 e. The largest absolute Gasteiger partial charge is 0.380 e. The molecule has 21 heavy (non-hydrogen) atoms. The fraction of sp³-hybridized carbons (Fsp3) is 0.500. The van der Waals surface area contributed by atoms with Crippen molar-refractivity contribution in [2.45, 2.75) is 25.8 Å². The second kappa shape index (κ2) is 5.85. The first-order chi connectivity index (χ1) is 10.2. The summed E-state index contributed by atoms with van der Waals surface area (Å²) in [5, 5.41) is 2.90. The Morgan fingerprint density at radius 1 is 1.29 bits per heavy atom. The van der Waals surface area contributed by atoms with Crippen molar-refractivity contribution in [2.75, 3.05) is 24.7 Å². The van der Waals surface area contributed by atoms with E-state index in [9.17, 15) is 9.59 Å². The lowest BCUT2D eigenvalue weighted by molar-refractivity contribution is -0.121. The summed E-state index contributed by atoms with van der Waals surface area (Å²) in [6.45, 7) is 3.49. The summed E-state index contributed by atoms with van der Waals surface area (Å²) in [6.07, 6.45) is 2.01. The van der Waals surface area contributed by atoms with Crippen LogP contribution in [0.5, 0.6) is 0 Å². The van der Waals surface area contributed by atoms with Crippen molar-refractivity contribution in [1.29, 1.82) is 0 Å². The second-order valence-electron chi connectivity index (χ2n) is 5.49. The lowest BCUT2D eigenvalue weighted by Crippen LogP contribution is -2.48. The molecule has 2 amide bonds. The van der Waals surface area contributed by atoms with Gasteiger partial charge in [-0.05, 0) is 37.8 Å². The summed E-state index contributed by atoms with van der Waals surface area (Å²) in [7, 11) is 0. The molecule has 0 bridgehead atoms. The summed E-state index contributed by atoms with van der Waals surface area (Å²) >= 11 is 0. The van der Waals surface area contributed by atoms with Gasteiger partial charge in [0.1, 0.15) is 6.04 Å². The van der Waals surface area contributed by atoms with E-state index in [1.54, 1.807) is 11.0 Å². The fourth-order valence-electron chi connectivity index (χ4n) is 2.75. The van der Waals surface area contributed by atoms with Crippen molar-refractivity contribution in [3.05, 3.63) is 29.8 Å². The van der Waals surface area contributed by atoms with Gasteiger partial charge in [0.25, 0.3) is 5.91 Å². The van der Waals surface area contributed by atoms with Gasteiger partial charge in [0, 0.05) is 13.2 Å². The SMILES string of the molecule is CCOCCN1C(=O)C(C2CC2)NC(=O)c2ccccc21. The molecule has 1 heterocycles. The summed E-state index contributed by atoms with van der Waals surface area (Å²) in [4.78, 5) is 26.8. The molecule has 2 aliphatic rings. The monoisotopic (exact) mass is 288 g/mol. The Hall–Kier alpha value is -1.88. The number of para-hydroxylation sites is 1. The molecule has 5 heteroatoms. The number of anilines is 1. The molecule has 3 rings (SSSR count). The Bertz CT molecular complexity index is 554. The summed E-state index contributed by atoms with van der Waals surface area (Å²) < 4.78 is 5.38. The minimum atomic E-state index is -0.397. The predicted octanol–water partition coefficient (Wildman–Crippen LogP) is 1.58. The van der Waals surface area contributed by atoms with Crippen LogP contribution in [0.15, 0.2) is 24.3 Å². The molecule has 1 aliphatic carbocycles. The van der Waals surface area contributed by atoms with Crippen LogP contribution in [0.4, 0.5) is 5.69 Å². The van der Waals surface area contributed by atoms with Crippen LogP contribution in [0.3, 0.4) is 0 Å². The van der Waals surface area contributed by atoms with Gasteiger partial charge >= 0.3 is 0 Å². The van der Waals surface area contributed by atoms with Crippen LogP contribution in [0.25, 0.3) is 0 Å². The molecule has 1 aromatic rings. The zero-order chi connectivity index (χ0) is 14.8. The molecule has 112 valence electrons. The topological polar surface area (TPSA) is 58.6 Å². The molecule has 1 aliphatic heterocycles. The van der Waals surface area contributed by atoms with Gasteiger partial charge in [0.15, 0.2) is 0 Å². The van der Waals surface area contributed by atoms with Crippen molar-refractivity contribution in [1.82, 2.24) is 5.32 Å². The molecule has 1 N–H and O–H groups in total. The van der Waals surface area contributed by atoms with Crippen LogP contribution in [-0.2, 0) is 9.53 Å². The van der Waals surface area contributed by atoms with Crippen molar-refractivity contribution >= 4 is 17.5 Å². The molecule has 0 spiro atoms. The maximum Gasteiger partial charge on any atom is 0.254 e. The minimum absolute atomic E-state index is 0.0181. The highest BCUT2D eigenvalue weighted by atomic mass is 16.5. The molecule has 1 fully saturated rings. The number of rotatable bonds is 5. The average Bonchev–Trinajstić information content (AvgIpc) is 3.33. The Morgan fingerprint density at radius 3 is 2.76 bits per heavy atom. The van der Waals surface area contributed by atoms with Crippen LogP contribution in [0.1, 0.15) is 30.1 Å². The van der Waals surface area contributed by atoms with E-state index in [4.69, 9.17) is 4.74 Å². The number of benzene rings is 1. The lowest BCUT2D eigenvalue weighted by atomic mass is 10.1. The van der Waals surface area contributed by atoms with E-state index in [1.807, 2.05) is 25.1 Å². The molecule has 0 saturated heterocycles. The highest BCUT2D eigenvalue weighted by Gasteiger charge is 2.42. The Balaban J connectivity index is 1.93. The molecule has 5 nitrogen and oxygen atoms in total. The van der Waals surface area contributed by atoms with E-state index in [2.05, 4.69) is 5.32 Å². The standard InChI is InChI=1S/C16H20N2O3/c1-2-21-10-9-18-13-6-4-3-5-12(13)15(19)17-14(16(18)20)11-7-8-11/h3-6,11,14H,2,7-10H2,1H3,(H,17,19). The van der Waals surface area contributed by atoms with Crippen LogP contribution in [-0.4, -0.2) is 37.6 Å². The van der Waals surface area contributed by atoms with Gasteiger partial charge in [0.2, 0.25) is 5.91 Å². The number of ether oxygens (including phenoxy) is 1. The zero-order valence-electron chi connectivity index (χ0n) is 12.2. The van der Waals surface area contributed by atoms with E-state index in [0.717, 1.165) is 12.8 Å². The number of nitrogens with zero attached hydrogens (tertiary/aromatic N) is 1. The number of amides is 2. The predicted molar refractivity (Wildman–Crippen MR) is 79.3 cm³/mol. The van der Waals surface area contributed by atoms with E-state index in [-0.39, 0.29) is 17.7 Å². The van der Waals surface area contributed by atoms with Gasteiger partial charge in [0.05, 0.1) is 17.9 Å². The molecule has 0 aromatic heterocycles. The highest BCUT2D eigenvalue weighted by molar-refractivity contribution is 6.11. The van der Waals surface area contributed by atoms with Gasteiger partial charge in [-0.25, -0.2) is 0 Å². The van der Waals surface area contributed by atoms with Gasteiger partial charge < -0.3 is 15.0 Å². The van der Waals surface area contributed by atoms with E-state index in [0.29, 0.717) is 31.0 Å². The Kier molecular flexibility index (Phi) is 3.92. The molecular formula is C16H20N2O3. The van der Waals surface area contributed by atoms with Gasteiger partial charge in [-0.2, -0.15) is 0 Å². The minimum Gasteiger partial charge on any atom is -0.380 e. The van der Waals surface area contributed by atoms with Crippen molar-refractivity contribution in [3.8, 4) is 0 Å². The maximum atomic E-state index is 12.8. The molecule has 0 radical (unpaired) electrons. The molecule has 1 atom stereocenters. The first-order valence-electron chi connectivity index (χ1n) is 7.51. The molecular weight excluding hydrogens is 268 g/mol. The van der Waals surface area contributed by atoms with Gasteiger partial charge in [-0.15, -0.1) is 0 Å². The van der Waals surface area contributed by atoms with Crippen molar-refractivity contribution < 1.29 is 14.3 Å². The average molecular weight is 288 g/mol. The Morgan fingerprint density at radius 2 is 2.05 bits per heavy atom. The summed E-state index contributed by atoms with van der Waals surface area (Å²) in [5.74, 6) is 0.107. The first kappa shape index (κ1) is 14.1. The molecule has 1 saturated carbocycles. The fourth-order valence-corrected chi connectivity index (χ4v) is 2.75. The highest BCUT2D eigenvalue weighted by Crippen LogP contribution is 2.36. The first-order valence-corrected chi connectivity index (χ1v) is 7.51. The van der Waals surface area contributed by atoms with Crippen LogP contribution in [0.2, 0.25) is 0 Å². The third-order valence-electron chi connectivity index (χ3n) is 4.01. The summed E-state index contributed by atoms with van der Waals surface area (Å²) in [6, 6.07) is 6.87. The lowest BCUT2D eigenvalue weighted by Gasteiger charge is -2.25. The second-order valence-corrected chi connectivity index (χ2v) is 5.49. The van der Waals surface area contributed by atoms with Crippen LogP contribution in [0, 0.1) is 5.92 Å². The van der Waals surface area contributed by atoms with E-state index < -0.39 is 6.04 Å². The number of carbonyl (C=O) groups is 2. The number of nitrogens with one attached hydrogen (secondary N) is 1.